The molecule has 0 amide bonds. The Morgan fingerprint density at radius 3 is 2.62 bits per heavy atom. The molecule has 0 aromatic heterocycles. The smallest absolute Gasteiger partial charge is 0.133 e. The van der Waals surface area contributed by atoms with Gasteiger partial charge in [-0.15, -0.1) is 0 Å². The Labute approximate surface area is 85.7 Å². The number of aliphatic hydroxyl groups is 1. The zero-order chi connectivity index (χ0) is 9.26. The minimum atomic E-state index is -0.160. The second kappa shape index (κ2) is 3.68. The van der Waals surface area contributed by atoms with Crippen LogP contribution in [0.1, 0.15) is 12.8 Å². The molecular weight excluding hydrogens is 232 g/mol. The standard InChI is InChI=1S/C10H11BrO2/c11-9-3-1-2-4-10(9)13-8-5-7(12)6-8/h1-4,7-8,12H,5-6H2. The number of aliphatic hydroxyl groups excluding tert-OH is 1. The summed E-state index contributed by atoms with van der Waals surface area (Å²) in [6, 6.07) is 7.76. The number of halogens is 1. The van der Waals surface area contributed by atoms with Crippen molar-refractivity contribution in [2.75, 3.05) is 0 Å². The molecule has 1 aliphatic rings. The summed E-state index contributed by atoms with van der Waals surface area (Å²) in [4.78, 5) is 0. The van der Waals surface area contributed by atoms with E-state index in [1.54, 1.807) is 0 Å². The molecule has 1 fully saturated rings. The van der Waals surface area contributed by atoms with Crippen molar-refractivity contribution in [2.45, 2.75) is 25.0 Å². The first-order valence-electron chi connectivity index (χ1n) is 4.35. The molecule has 3 heteroatoms. The molecule has 0 atom stereocenters. The fourth-order valence-electron chi connectivity index (χ4n) is 1.35. The van der Waals surface area contributed by atoms with Crippen molar-refractivity contribution < 1.29 is 9.84 Å². The monoisotopic (exact) mass is 242 g/mol. The first-order chi connectivity index (χ1) is 6.25. The third-order valence-corrected chi connectivity index (χ3v) is 2.86. The van der Waals surface area contributed by atoms with Gasteiger partial charge in [-0.25, -0.2) is 0 Å². The lowest BCUT2D eigenvalue weighted by molar-refractivity contribution is -0.0111. The van der Waals surface area contributed by atoms with Gasteiger partial charge in [-0.3, -0.25) is 0 Å². The van der Waals surface area contributed by atoms with E-state index in [9.17, 15) is 0 Å². The van der Waals surface area contributed by atoms with Crippen LogP contribution in [0.2, 0.25) is 0 Å². The largest absolute Gasteiger partial charge is 0.489 e. The van der Waals surface area contributed by atoms with Gasteiger partial charge >= 0.3 is 0 Å². The van der Waals surface area contributed by atoms with Crippen LogP contribution in [0.3, 0.4) is 0 Å². The fourth-order valence-corrected chi connectivity index (χ4v) is 1.73. The summed E-state index contributed by atoms with van der Waals surface area (Å²) in [5.41, 5.74) is 0. The van der Waals surface area contributed by atoms with E-state index >= 15 is 0 Å². The van der Waals surface area contributed by atoms with E-state index in [1.165, 1.54) is 0 Å². The topological polar surface area (TPSA) is 29.5 Å². The molecule has 0 aliphatic heterocycles. The molecule has 0 bridgehead atoms. The van der Waals surface area contributed by atoms with Gasteiger partial charge in [0.2, 0.25) is 0 Å². The van der Waals surface area contributed by atoms with E-state index in [-0.39, 0.29) is 12.2 Å². The molecule has 0 spiro atoms. The van der Waals surface area contributed by atoms with Crippen molar-refractivity contribution in [3.05, 3.63) is 28.7 Å². The van der Waals surface area contributed by atoms with Gasteiger partial charge in [0, 0.05) is 12.8 Å². The van der Waals surface area contributed by atoms with Crippen LogP contribution in [0.15, 0.2) is 28.7 Å². The molecule has 2 nitrogen and oxygen atoms in total. The molecule has 2 rings (SSSR count). The van der Waals surface area contributed by atoms with Gasteiger partial charge in [-0.05, 0) is 28.1 Å². The van der Waals surface area contributed by atoms with E-state index in [1.807, 2.05) is 24.3 Å². The summed E-state index contributed by atoms with van der Waals surface area (Å²) in [5.74, 6) is 0.861. The number of rotatable bonds is 2. The zero-order valence-electron chi connectivity index (χ0n) is 7.11. The molecule has 0 saturated heterocycles. The SMILES string of the molecule is OC1CC(Oc2ccccc2Br)C1. The molecule has 1 N–H and O–H groups in total. The lowest BCUT2D eigenvalue weighted by Gasteiger charge is -2.31. The molecule has 70 valence electrons. The molecule has 1 aromatic rings. The first kappa shape index (κ1) is 9.03. The number of para-hydroxylation sites is 1. The average molecular weight is 243 g/mol. The molecule has 1 aliphatic carbocycles. The van der Waals surface area contributed by atoms with Crippen LogP contribution in [-0.2, 0) is 0 Å². The van der Waals surface area contributed by atoms with Gasteiger partial charge < -0.3 is 9.84 Å². The number of ether oxygens (including phenoxy) is 1. The maximum absolute atomic E-state index is 9.07. The van der Waals surface area contributed by atoms with Gasteiger partial charge in [-0.2, -0.15) is 0 Å². The van der Waals surface area contributed by atoms with Crippen LogP contribution >= 0.6 is 15.9 Å². The second-order valence-corrected chi connectivity index (χ2v) is 4.15. The normalized spacial score (nSPS) is 26.6. The van der Waals surface area contributed by atoms with E-state index < -0.39 is 0 Å². The third-order valence-electron chi connectivity index (χ3n) is 2.20. The Hall–Kier alpha value is -0.540. The summed E-state index contributed by atoms with van der Waals surface area (Å²) in [5, 5.41) is 9.07. The van der Waals surface area contributed by atoms with Crippen LogP contribution in [0.5, 0.6) is 5.75 Å². The zero-order valence-corrected chi connectivity index (χ0v) is 8.70. The third kappa shape index (κ3) is 2.03. The summed E-state index contributed by atoms with van der Waals surface area (Å²) in [7, 11) is 0. The molecule has 1 aromatic carbocycles. The Balaban J connectivity index is 1.98. The summed E-state index contributed by atoms with van der Waals surface area (Å²) in [6.45, 7) is 0. The Morgan fingerprint density at radius 2 is 2.00 bits per heavy atom. The minimum absolute atomic E-state index is 0.160. The van der Waals surface area contributed by atoms with Crippen molar-refractivity contribution in [1.29, 1.82) is 0 Å². The minimum Gasteiger partial charge on any atom is -0.489 e. The van der Waals surface area contributed by atoms with Crippen LogP contribution in [0, 0.1) is 0 Å². The average Bonchev–Trinajstić information content (AvgIpc) is 2.06. The van der Waals surface area contributed by atoms with Crippen LogP contribution in [0.4, 0.5) is 0 Å². The van der Waals surface area contributed by atoms with Crippen molar-refractivity contribution in [3.8, 4) is 5.75 Å². The maximum Gasteiger partial charge on any atom is 0.133 e. The van der Waals surface area contributed by atoms with Crippen molar-refractivity contribution in [1.82, 2.24) is 0 Å². The van der Waals surface area contributed by atoms with Gasteiger partial charge in [0.1, 0.15) is 11.9 Å². The predicted octanol–water partition coefficient (Wildman–Crippen LogP) is 2.35. The fraction of sp³-hybridized carbons (Fsp3) is 0.400. The second-order valence-electron chi connectivity index (χ2n) is 3.30. The Kier molecular flexibility index (Phi) is 2.56. The lowest BCUT2D eigenvalue weighted by Crippen LogP contribution is -2.37. The number of hydrogen-bond donors (Lipinski definition) is 1. The Morgan fingerprint density at radius 1 is 1.31 bits per heavy atom. The quantitative estimate of drug-likeness (QED) is 0.863. The molecule has 1 saturated carbocycles. The van der Waals surface area contributed by atoms with Crippen LogP contribution in [0.25, 0.3) is 0 Å². The van der Waals surface area contributed by atoms with E-state index in [2.05, 4.69) is 15.9 Å². The highest BCUT2D eigenvalue weighted by atomic mass is 79.9. The van der Waals surface area contributed by atoms with E-state index in [0.717, 1.165) is 23.1 Å². The van der Waals surface area contributed by atoms with E-state index in [0.29, 0.717) is 0 Å². The van der Waals surface area contributed by atoms with Crippen molar-refractivity contribution in [3.63, 3.8) is 0 Å². The van der Waals surface area contributed by atoms with Crippen molar-refractivity contribution in [2.24, 2.45) is 0 Å². The highest BCUT2D eigenvalue weighted by molar-refractivity contribution is 9.10. The molecule has 0 radical (unpaired) electrons. The Bertz CT molecular complexity index is 295. The summed E-state index contributed by atoms with van der Waals surface area (Å²) < 4.78 is 6.61. The summed E-state index contributed by atoms with van der Waals surface area (Å²) in [6.07, 6.45) is 1.53. The van der Waals surface area contributed by atoms with Crippen LogP contribution in [-0.4, -0.2) is 17.3 Å². The predicted molar refractivity (Wildman–Crippen MR) is 53.8 cm³/mol. The lowest BCUT2D eigenvalue weighted by atomic mass is 9.92. The first-order valence-corrected chi connectivity index (χ1v) is 5.14. The van der Waals surface area contributed by atoms with Gasteiger partial charge in [0.15, 0.2) is 0 Å². The van der Waals surface area contributed by atoms with Crippen molar-refractivity contribution >= 4 is 15.9 Å². The van der Waals surface area contributed by atoms with Crippen LogP contribution < -0.4 is 4.74 Å². The van der Waals surface area contributed by atoms with E-state index in [4.69, 9.17) is 9.84 Å². The molecule has 0 unspecified atom stereocenters. The highest BCUT2D eigenvalue weighted by Gasteiger charge is 2.29. The van der Waals surface area contributed by atoms with Gasteiger partial charge in [0.25, 0.3) is 0 Å². The molecular formula is C10H11BrO2. The van der Waals surface area contributed by atoms with Gasteiger partial charge in [-0.1, -0.05) is 12.1 Å². The number of hydrogen-bond acceptors (Lipinski definition) is 2. The van der Waals surface area contributed by atoms with Gasteiger partial charge in [0.05, 0.1) is 10.6 Å². The molecule has 0 heterocycles. The highest BCUT2D eigenvalue weighted by Crippen LogP contribution is 2.30. The summed E-state index contributed by atoms with van der Waals surface area (Å²) >= 11 is 3.41. The molecule has 13 heavy (non-hydrogen) atoms. The maximum atomic E-state index is 9.07. The number of benzene rings is 1.